The van der Waals surface area contributed by atoms with Crippen LogP contribution in [-0.2, 0) is 16.2 Å². The number of anilines is 2. The molecule has 69 heavy (non-hydrogen) atoms. The van der Waals surface area contributed by atoms with E-state index in [1.54, 1.807) is 0 Å². The largest absolute Gasteiger partial charge is 0.507 e. The lowest BCUT2D eigenvalue weighted by Crippen LogP contribution is -2.64. The minimum absolute atomic E-state index is 0.0225. The summed E-state index contributed by atoms with van der Waals surface area (Å²) in [5, 5.41) is 12.9. The Morgan fingerprint density at radius 1 is 0.623 bits per heavy atom. The molecule has 0 spiro atoms. The summed E-state index contributed by atoms with van der Waals surface area (Å²) >= 11 is 0. The average molecular weight is 906 g/mol. The van der Waals surface area contributed by atoms with E-state index in [0.717, 1.165) is 61.7 Å². The van der Waals surface area contributed by atoms with Crippen LogP contribution in [0.2, 0.25) is 0 Å². The van der Waals surface area contributed by atoms with Gasteiger partial charge in [-0.3, -0.25) is 14.5 Å². The fourth-order valence-electron chi connectivity index (χ4n) is 9.86. The number of aromatic nitrogens is 3. The number of hydrogen-bond acceptors (Lipinski definition) is 5. The number of phenolic OH excluding ortho intramolecular Hbond substituents is 1. The molecule has 7 heteroatoms. The van der Waals surface area contributed by atoms with Crippen molar-refractivity contribution in [2.45, 2.75) is 78.6 Å². The van der Waals surface area contributed by atoms with E-state index in [2.05, 4.69) is 133 Å². The maximum atomic E-state index is 12.9. The molecule has 0 saturated carbocycles. The number of imidazole rings is 1. The fraction of sp³-hybridized carbons (Fsp3) is 0.194. The van der Waals surface area contributed by atoms with Gasteiger partial charge in [-0.25, -0.2) is 4.98 Å². The molecule has 8 aromatic rings. The van der Waals surface area contributed by atoms with Crippen molar-refractivity contribution in [2.24, 2.45) is 0 Å². The molecule has 0 atom stereocenters. The van der Waals surface area contributed by atoms with Gasteiger partial charge in [-0.15, -0.1) is 0 Å². The molecule has 0 radical (unpaired) electrons. The van der Waals surface area contributed by atoms with E-state index < -0.39 is 35.8 Å². The number of rotatable bonds is 6. The number of para-hydroxylation sites is 1. The van der Waals surface area contributed by atoms with Crippen LogP contribution < -0.4 is 16.0 Å². The normalized spacial score (nSPS) is 15.6. The number of pyridine rings is 1. The summed E-state index contributed by atoms with van der Waals surface area (Å²) in [7, 11) is 0. The van der Waals surface area contributed by atoms with Gasteiger partial charge in [0.1, 0.15) is 17.4 Å². The van der Waals surface area contributed by atoms with Crippen LogP contribution in [0.25, 0.3) is 56.6 Å². The minimum Gasteiger partial charge on any atom is -0.507 e. The van der Waals surface area contributed by atoms with Crippen molar-refractivity contribution >= 4 is 35.3 Å². The Bertz CT molecular complexity index is 3740. The number of nitrogens with zero attached hydrogens (tertiary/aromatic N) is 5. The standard InChI is InChI=1S/C62H58BN5O/c1-60(2,3)44-29-31-53(48(36-44)41-22-15-11-16-23-41)67-55-39-47-26-19-27-56-66(46-24-17-12-18-25-46)54-30-28-43(52-35-42(32-33-64-52)40-20-13-10-14-21-40)34-51(54)63(68(47)56)58(55)65-59(67)49-37-45(61(4,5)6)38-50(57(49)69)62(7,8)9/h10-39,69H,1-9H3/i11D,15D,16D,22D,23D,39D. The van der Waals surface area contributed by atoms with Gasteiger partial charge in [-0.2, -0.15) is 0 Å². The zero-order valence-electron chi connectivity index (χ0n) is 46.6. The van der Waals surface area contributed by atoms with Crippen LogP contribution in [0.3, 0.4) is 0 Å². The second-order valence-corrected chi connectivity index (χ2v) is 21.3. The van der Waals surface area contributed by atoms with Gasteiger partial charge in [0.2, 0.25) is 0 Å². The zero-order valence-corrected chi connectivity index (χ0v) is 40.6. The summed E-state index contributed by atoms with van der Waals surface area (Å²) in [6.07, 6.45) is 7.83. The van der Waals surface area contributed by atoms with Crippen LogP contribution in [0.5, 0.6) is 5.75 Å². The monoisotopic (exact) mass is 906 g/mol. The third kappa shape index (κ3) is 7.61. The summed E-state index contributed by atoms with van der Waals surface area (Å²) < 4.78 is 57.7. The summed E-state index contributed by atoms with van der Waals surface area (Å²) in [4.78, 5) is 15.1. The Morgan fingerprint density at radius 2 is 1.32 bits per heavy atom. The highest BCUT2D eigenvalue weighted by Crippen LogP contribution is 2.47. The van der Waals surface area contributed by atoms with Gasteiger partial charge in [0.25, 0.3) is 0 Å². The molecule has 5 heterocycles. The Morgan fingerprint density at radius 3 is 2.03 bits per heavy atom. The fourth-order valence-corrected chi connectivity index (χ4v) is 9.86. The Balaban J connectivity index is 1.28. The molecular weight excluding hydrogens is 842 g/mol. The average Bonchev–Trinajstić information content (AvgIpc) is 3.84. The number of allylic oxidation sites excluding steroid dienone is 3. The zero-order chi connectivity index (χ0) is 53.2. The molecule has 0 fully saturated rings. The first-order valence-corrected chi connectivity index (χ1v) is 23.7. The van der Waals surface area contributed by atoms with E-state index in [4.69, 9.17) is 14.1 Å². The van der Waals surface area contributed by atoms with Crippen LogP contribution >= 0.6 is 0 Å². The van der Waals surface area contributed by atoms with E-state index in [-0.39, 0.29) is 34.9 Å². The number of fused-ring (bicyclic) bond motifs is 4. The molecule has 3 aliphatic rings. The quantitative estimate of drug-likeness (QED) is 0.169. The van der Waals surface area contributed by atoms with E-state index in [0.29, 0.717) is 39.6 Å². The minimum atomic E-state index is -0.638. The van der Waals surface area contributed by atoms with E-state index >= 15 is 0 Å². The van der Waals surface area contributed by atoms with Crippen LogP contribution in [0.1, 0.15) is 92.9 Å². The third-order valence-corrected chi connectivity index (χ3v) is 13.5. The summed E-state index contributed by atoms with van der Waals surface area (Å²) in [6.45, 7) is 18.2. The Labute approximate surface area is 416 Å². The molecule has 1 N–H and O–H groups in total. The van der Waals surface area contributed by atoms with Gasteiger partial charge in [-0.1, -0.05) is 171 Å². The van der Waals surface area contributed by atoms with Gasteiger partial charge >= 0.3 is 6.85 Å². The maximum absolute atomic E-state index is 12.9. The SMILES string of the molecule is [2H]C1=C2C=CC=C3N2B(c2cc(-c4cc(-c5ccccc5)ccn4)ccc2N3c2ccccc2)c2nc(-c3cc(C(C)(C)C)cc(C(C)(C)C)c3O)n(-c3ccc(C(C)(C)C)cc3-c3c([2H])c([2H])c([2H])c([2H])c3[2H])c21. The van der Waals surface area contributed by atoms with Gasteiger partial charge in [0.05, 0.1) is 36.5 Å². The van der Waals surface area contributed by atoms with Crippen molar-refractivity contribution in [1.82, 2.24) is 19.3 Å². The smallest absolute Gasteiger partial charge is 0.354 e. The first kappa shape index (κ1) is 37.4. The maximum Gasteiger partial charge on any atom is 0.354 e. The third-order valence-electron chi connectivity index (χ3n) is 13.5. The van der Waals surface area contributed by atoms with Crippen molar-refractivity contribution in [3.63, 3.8) is 0 Å². The second kappa shape index (κ2) is 16.3. The molecule has 3 aliphatic heterocycles. The predicted molar refractivity (Wildman–Crippen MR) is 288 cm³/mol. The van der Waals surface area contributed by atoms with Crippen molar-refractivity contribution in [3.05, 3.63) is 210 Å². The van der Waals surface area contributed by atoms with Gasteiger partial charge in [0.15, 0.2) is 0 Å². The lowest BCUT2D eigenvalue weighted by molar-refractivity contribution is 0.446. The number of aromatic hydroxyl groups is 1. The molecule has 0 unspecified atom stereocenters. The second-order valence-electron chi connectivity index (χ2n) is 21.3. The summed E-state index contributed by atoms with van der Waals surface area (Å²) in [6, 6.07) is 38.9. The highest BCUT2D eigenvalue weighted by Gasteiger charge is 2.48. The Kier molecular flexibility index (Phi) is 8.81. The van der Waals surface area contributed by atoms with Crippen LogP contribution in [0.15, 0.2) is 187 Å². The highest BCUT2D eigenvalue weighted by atomic mass is 16.3. The summed E-state index contributed by atoms with van der Waals surface area (Å²) in [5.41, 5.74) is 10.6. The van der Waals surface area contributed by atoms with E-state index in [1.165, 1.54) is 0 Å². The number of hydrogen-bond donors (Lipinski definition) is 1. The topological polar surface area (TPSA) is 57.4 Å². The van der Waals surface area contributed by atoms with Crippen molar-refractivity contribution in [1.29, 1.82) is 0 Å². The van der Waals surface area contributed by atoms with Crippen LogP contribution in [0, 0.1) is 0 Å². The molecule has 0 bridgehead atoms. The lowest BCUT2D eigenvalue weighted by Gasteiger charge is -2.48. The summed E-state index contributed by atoms with van der Waals surface area (Å²) in [5.74, 6) is 1.20. The van der Waals surface area contributed by atoms with E-state index in [9.17, 15) is 9.22 Å². The first-order valence-electron chi connectivity index (χ1n) is 26.7. The number of benzene rings is 6. The molecule has 6 nitrogen and oxygen atoms in total. The van der Waals surface area contributed by atoms with Crippen LogP contribution in [-0.4, -0.2) is 31.3 Å². The van der Waals surface area contributed by atoms with Gasteiger partial charge < -0.3 is 9.92 Å². The first-order chi connectivity index (χ1) is 35.5. The molecule has 0 saturated heterocycles. The molecule has 0 aliphatic carbocycles. The Hall–Kier alpha value is -7.64. The number of phenols is 1. The molecule has 0 amide bonds. The molecular formula is C62H58BN5O. The van der Waals surface area contributed by atoms with Crippen molar-refractivity contribution < 1.29 is 13.3 Å². The van der Waals surface area contributed by atoms with Gasteiger partial charge in [0, 0.05) is 34.4 Å². The van der Waals surface area contributed by atoms with Crippen molar-refractivity contribution in [2.75, 3.05) is 4.90 Å². The van der Waals surface area contributed by atoms with Crippen molar-refractivity contribution in [3.8, 4) is 56.3 Å². The molecule has 11 rings (SSSR count). The van der Waals surface area contributed by atoms with E-state index in [1.807, 2.05) is 89.6 Å². The lowest BCUT2D eigenvalue weighted by atomic mass is 9.47. The van der Waals surface area contributed by atoms with Crippen LogP contribution in [0.4, 0.5) is 11.4 Å². The van der Waals surface area contributed by atoms with Gasteiger partial charge in [-0.05, 0) is 122 Å². The molecule has 6 aromatic carbocycles. The highest BCUT2D eigenvalue weighted by molar-refractivity contribution is 6.85. The molecule has 2 aromatic heterocycles. The molecule has 340 valence electrons. The predicted octanol–water partition coefficient (Wildman–Crippen LogP) is 13.9.